The number of nitrogens with one attached hydrogen (secondary N) is 1. The van der Waals surface area contributed by atoms with E-state index in [1.54, 1.807) is 6.08 Å². The zero-order valence-electron chi connectivity index (χ0n) is 35.5. The lowest BCUT2D eigenvalue weighted by molar-refractivity contribution is -0.123. The molecule has 0 radical (unpaired) electrons. The molecule has 0 saturated carbocycles. The molecule has 0 spiro atoms. The van der Waals surface area contributed by atoms with E-state index in [0.717, 1.165) is 38.5 Å². The Morgan fingerprint density at radius 2 is 0.736 bits per heavy atom. The summed E-state index contributed by atoms with van der Waals surface area (Å²) >= 11 is 0. The summed E-state index contributed by atoms with van der Waals surface area (Å²) in [5.41, 5.74) is 0. The van der Waals surface area contributed by atoms with E-state index in [-0.39, 0.29) is 12.5 Å². The smallest absolute Gasteiger partial charge is 0.220 e. The van der Waals surface area contributed by atoms with Gasteiger partial charge < -0.3 is 15.5 Å². The summed E-state index contributed by atoms with van der Waals surface area (Å²) in [6.45, 7) is 4.27. The molecule has 4 heteroatoms. The molecule has 0 bridgehead atoms. The third kappa shape index (κ3) is 41.4. The molecule has 0 saturated heterocycles. The van der Waals surface area contributed by atoms with Gasteiger partial charge in [-0.05, 0) is 70.6 Å². The van der Waals surface area contributed by atoms with E-state index in [1.807, 2.05) is 6.08 Å². The van der Waals surface area contributed by atoms with Crippen LogP contribution in [-0.2, 0) is 4.79 Å². The number of aliphatic hydroxyl groups excluding tert-OH is 2. The molecule has 0 aliphatic heterocycles. The summed E-state index contributed by atoms with van der Waals surface area (Å²) in [4.78, 5) is 12.4. The topological polar surface area (TPSA) is 69.6 Å². The summed E-state index contributed by atoms with van der Waals surface area (Å²) in [7, 11) is 0. The van der Waals surface area contributed by atoms with E-state index in [4.69, 9.17) is 0 Å². The molecule has 3 N–H and O–H groups in total. The van der Waals surface area contributed by atoms with Gasteiger partial charge in [-0.15, -0.1) is 0 Å². The molecule has 0 aliphatic rings. The van der Waals surface area contributed by atoms with Gasteiger partial charge in [-0.3, -0.25) is 4.79 Å². The zero-order chi connectivity index (χ0) is 38.6. The Balaban J connectivity index is 3.53. The Morgan fingerprint density at radius 1 is 0.434 bits per heavy atom. The fraction of sp³-hybridized carbons (Fsp3) is 0.816. The molecule has 0 aromatic carbocycles. The molecular weight excluding hydrogens is 651 g/mol. The van der Waals surface area contributed by atoms with Gasteiger partial charge >= 0.3 is 0 Å². The highest BCUT2D eigenvalue weighted by Gasteiger charge is 2.17. The molecule has 2 atom stereocenters. The average molecular weight is 742 g/mol. The summed E-state index contributed by atoms with van der Waals surface area (Å²) in [5.74, 6) is -0.0776. The van der Waals surface area contributed by atoms with Crippen LogP contribution in [-0.4, -0.2) is 34.9 Å². The molecule has 0 aromatic heterocycles. The summed E-state index contributed by atoms with van der Waals surface area (Å²) < 4.78 is 0. The third-order valence-corrected chi connectivity index (χ3v) is 10.5. The van der Waals surface area contributed by atoms with Gasteiger partial charge in [0.05, 0.1) is 18.8 Å². The van der Waals surface area contributed by atoms with E-state index >= 15 is 0 Å². The first-order chi connectivity index (χ1) is 26.2. The monoisotopic (exact) mass is 742 g/mol. The van der Waals surface area contributed by atoms with Crippen LogP contribution in [0.5, 0.6) is 0 Å². The SMILES string of the molecule is CCCCCC/C=C/CC/C=C/CC/C=C/C(O)C(CO)NC(=O)CCCCCCCCCCCCCCCCC/C=C\CCCCCCCCCC. The number of allylic oxidation sites excluding steroid dienone is 7. The largest absolute Gasteiger partial charge is 0.394 e. The van der Waals surface area contributed by atoms with Crippen molar-refractivity contribution in [3.05, 3.63) is 48.6 Å². The van der Waals surface area contributed by atoms with E-state index < -0.39 is 12.1 Å². The molecule has 0 aromatic rings. The first-order valence-corrected chi connectivity index (χ1v) is 23.4. The van der Waals surface area contributed by atoms with Gasteiger partial charge in [-0.2, -0.15) is 0 Å². The highest BCUT2D eigenvalue weighted by Crippen LogP contribution is 2.15. The van der Waals surface area contributed by atoms with Crippen LogP contribution in [0.15, 0.2) is 48.6 Å². The third-order valence-electron chi connectivity index (χ3n) is 10.5. The van der Waals surface area contributed by atoms with E-state index in [0.29, 0.717) is 6.42 Å². The molecule has 2 unspecified atom stereocenters. The predicted octanol–water partition coefficient (Wildman–Crippen LogP) is 14.7. The van der Waals surface area contributed by atoms with E-state index in [9.17, 15) is 15.0 Å². The Kier molecular flexibility index (Phi) is 43.4. The van der Waals surface area contributed by atoms with Gasteiger partial charge in [0.25, 0.3) is 0 Å². The molecule has 310 valence electrons. The van der Waals surface area contributed by atoms with Crippen LogP contribution in [0.3, 0.4) is 0 Å². The summed E-state index contributed by atoms with van der Waals surface area (Å²) in [5, 5.41) is 23.0. The minimum absolute atomic E-state index is 0.0776. The van der Waals surface area contributed by atoms with Gasteiger partial charge in [-0.25, -0.2) is 0 Å². The summed E-state index contributed by atoms with van der Waals surface area (Å²) in [6, 6.07) is -0.644. The van der Waals surface area contributed by atoms with Crippen molar-refractivity contribution in [2.45, 2.75) is 251 Å². The molecular formula is C49H91NO3. The van der Waals surface area contributed by atoms with Crippen molar-refractivity contribution in [1.29, 1.82) is 0 Å². The Morgan fingerprint density at radius 3 is 1.11 bits per heavy atom. The second-order valence-electron chi connectivity index (χ2n) is 15.8. The van der Waals surface area contributed by atoms with Crippen LogP contribution in [0, 0.1) is 0 Å². The Bertz CT molecular complexity index is 847. The van der Waals surface area contributed by atoms with Crippen LogP contribution in [0.4, 0.5) is 0 Å². The lowest BCUT2D eigenvalue weighted by Gasteiger charge is -2.19. The van der Waals surface area contributed by atoms with Crippen LogP contribution in [0.1, 0.15) is 239 Å². The number of unbranched alkanes of at least 4 members (excludes halogenated alkanes) is 29. The van der Waals surface area contributed by atoms with Gasteiger partial charge in [0.2, 0.25) is 5.91 Å². The number of amides is 1. The maximum absolute atomic E-state index is 12.4. The number of hydrogen-bond acceptors (Lipinski definition) is 3. The van der Waals surface area contributed by atoms with Crippen LogP contribution in [0.25, 0.3) is 0 Å². The quantitative estimate of drug-likeness (QED) is 0.0431. The van der Waals surface area contributed by atoms with E-state index in [1.165, 1.54) is 180 Å². The van der Waals surface area contributed by atoms with Crippen molar-refractivity contribution < 1.29 is 15.0 Å². The lowest BCUT2D eigenvalue weighted by atomic mass is 10.0. The van der Waals surface area contributed by atoms with E-state index in [2.05, 4.69) is 55.6 Å². The highest BCUT2D eigenvalue weighted by molar-refractivity contribution is 5.76. The molecule has 0 fully saturated rings. The van der Waals surface area contributed by atoms with Crippen LogP contribution >= 0.6 is 0 Å². The first-order valence-electron chi connectivity index (χ1n) is 23.4. The zero-order valence-corrected chi connectivity index (χ0v) is 35.5. The highest BCUT2D eigenvalue weighted by atomic mass is 16.3. The predicted molar refractivity (Wildman–Crippen MR) is 235 cm³/mol. The standard InChI is InChI=1S/C49H91NO3/c1-3-5-7-9-11-13-15-17-19-20-21-22-23-24-25-26-27-28-29-30-31-33-35-37-39-41-43-45-49(53)50-47(46-51)48(52)44-42-40-38-36-34-32-18-16-14-12-10-8-6-4-2/h14,16,20-21,34,36,42,44,47-48,51-52H,3-13,15,17-19,22-33,35,37-41,43,45-46H2,1-2H3,(H,50,53)/b16-14+,21-20-,36-34+,44-42+. The van der Waals surface area contributed by atoms with Crippen molar-refractivity contribution >= 4 is 5.91 Å². The maximum atomic E-state index is 12.4. The number of carbonyl (C=O) groups excluding carboxylic acids is 1. The van der Waals surface area contributed by atoms with Gasteiger partial charge in [0.15, 0.2) is 0 Å². The second kappa shape index (κ2) is 44.7. The molecule has 53 heavy (non-hydrogen) atoms. The number of carbonyl (C=O) groups is 1. The van der Waals surface area contributed by atoms with Gasteiger partial charge in [0, 0.05) is 6.42 Å². The molecule has 1 amide bonds. The number of rotatable bonds is 42. The lowest BCUT2D eigenvalue weighted by Crippen LogP contribution is -2.45. The number of aliphatic hydroxyl groups is 2. The average Bonchev–Trinajstić information content (AvgIpc) is 3.16. The van der Waals surface area contributed by atoms with Crippen molar-refractivity contribution in [2.24, 2.45) is 0 Å². The fourth-order valence-electron chi connectivity index (χ4n) is 6.91. The Hall–Kier alpha value is -1.65. The minimum atomic E-state index is -0.868. The molecule has 0 aliphatic carbocycles. The van der Waals surface area contributed by atoms with Crippen molar-refractivity contribution in [2.75, 3.05) is 6.61 Å². The van der Waals surface area contributed by atoms with Crippen LogP contribution in [0.2, 0.25) is 0 Å². The summed E-state index contributed by atoms with van der Waals surface area (Å²) in [6.07, 6.45) is 60.9. The second-order valence-corrected chi connectivity index (χ2v) is 15.8. The number of hydrogen-bond donors (Lipinski definition) is 3. The molecule has 0 heterocycles. The fourth-order valence-corrected chi connectivity index (χ4v) is 6.91. The van der Waals surface area contributed by atoms with Crippen molar-refractivity contribution in [3.8, 4) is 0 Å². The Labute approximate surface area is 331 Å². The first kappa shape index (κ1) is 51.4. The van der Waals surface area contributed by atoms with Crippen molar-refractivity contribution in [1.82, 2.24) is 5.32 Å². The van der Waals surface area contributed by atoms with Crippen molar-refractivity contribution in [3.63, 3.8) is 0 Å². The maximum Gasteiger partial charge on any atom is 0.220 e. The minimum Gasteiger partial charge on any atom is -0.394 e. The normalized spacial score (nSPS) is 13.4. The van der Waals surface area contributed by atoms with Crippen LogP contribution < -0.4 is 5.32 Å². The molecule has 0 rings (SSSR count). The molecule has 4 nitrogen and oxygen atoms in total. The van der Waals surface area contributed by atoms with Gasteiger partial charge in [0.1, 0.15) is 0 Å². The van der Waals surface area contributed by atoms with Gasteiger partial charge in [-0.1, -0.05) is 210 Å².